The molecular formula is C19H33N5O3. The number of carbonyl (C=O) groups is 2. The molecule has 1 rings (SSSR count). The smallest absolute Gasteiger partial charge is 0.349 e. The van der Waals surface area contributed by atoms with Gasteiger partial charge >= 0.3 is 5.69 Å². The topological polar surface area (TPSA) is 119 Å². The van der Waals surface area contributed by atoms with Gasteiger partial charge in [0.1, 0.15) is 5.82 Å². The van der Waals surface area contributed by atoms with Crippen molar-refractivity contribution in [3.63, 3.8) is 0 Å². The molecule has 0 radical (unpaired) electrons. The molecule has 2 amide bonds. The molecule has 0 aromatic carbocycles. The fourth-order valence-electron chi connectivity index (χ4n) is 1.71. The molecule has 152 valence electrons. The summed E-state index contributed by atoms with van der Waals surface area (Å²) in [5.74, 6) is -0.546. The Hall–Kier alpha value is -2.48. The summed E-state index contributed by atoms with van der Waals surface area (Å²) in [6, 6.07) is 0. The van der Waals surface area contributed by atoms with E-state index in [0.29, 0.717) is 12.1 Å². The van der Waals surface area contributed by atoms with E-state index in [1.807, 2.05) is 41.5 Å². The number of hydrogen-bond donors (Lipinski definition) is 3. The summed E-state index contributed by atoms with van der Waals surface area (Å²) >= 11 is 0. The lowest BCUT2D eigenvalue weighted by Crippen LogP contribution is -2.52. The van der Waals surface area contributed by atoms with E-state index in [0.717, 1.165) is 0 Å². The van der Waals surface area contributed by atoms with Gasteiger partial charge in [-0.15, -0.1) is 0 Å². The lowest BCUT2D eigenvalue weighted by Gasteiger charge is -2.38. The second-order valence-electron chi connectivity index (χ2n) is 7.28. The largest absolute Gasteiger partial charge is 0.352 e. The molecule has 0 atom stereocenters. The number of rotatable bonds is 6. The maximum Gasteiger partial charge on any atom is 0.349 e. The van der Waals surface area contributed by atoms with E-state index >= 15 is 0 Å². The van der Waals surface area contributed by atoms with Gasteiger partial charge in [0.25, 0.3) is 0 Å². The summed E-state index contributed by atoms with van der Waals surface area (Å²) in [6.07, 6.45) is 4.32. The summed E-state index contributed by atoms with van der Waals surface area (Å²) in [5.41, 5.74) is 5.31. The monoisotopic (exact) mass is 379 g/mol. The number of nitrogens with two attached hydrogens (primary N) is 1. The summed E-state index contributed by atoms with van der Waals surface area (Å²) < 4.78 is 1.27. The van der Waals surface area contributed by atoms with Crippen LogP contribution in [0.3, 0.4) is 0 Å². The van der Waals surface area contributed by atoms with Crippen LogP contribution in [0.2, 0.25) is 0 Å². The van der Waals surface area contributed by atoms with Crippen LogP contribution in [0.5, 0.6) is 0 Å². The van der Waals surface area contributed by atoms with Crippen molar-refractivity contribution in [2.45, 2.75) is 54.0 Å². The predicted octanol–water partition coefficient (Wildman–Crippen LogP) is 1.66. The van der Waals surface area contributed by atoms with Crippen LogP contribution in [0.4, 0.5) is 5.82 Å². The summed E-state index contributed by atoms with van der Waals surface area (Å²) in [6.45, 7) is 13.5. The Morgan fingerprint density at radius 2 is 1.81 bits per heavy atom. The summed E-state index contributed by atoms with van der Waals surface area (Å²) in [7, 11) is 1.54. The van der Waals surface area contributed by atoms with Crippen molar-refractivity contribution < 1.29 is 9.59 Å². The summed E-state index contributed by atoms with van der Waals surface area (Å²) in [5, 5.41) is 5.28. The molecule has 4 N–H and O–H groups in total. The summed E-state index contributed by atoms with van der Waals surface area (Å²) in [4.78, 5) is 38.7. The van der Waals surface area contributed by atoms with Crippen LogP contribution >= 0.6 is 0 Å². The molecule has 0 unspecified atom stereocenters. The zero-order valence-electron chi connectivity index (χ0n) is 17.6. The first-order chi connectivity index (χ1) is 12.3. The van der Waals surface area contributed by atoms with Crippen LogP contribution in [-0.4, -0.2) is 33.4 Å². The van der Waals surface area contributed by atoms with Gasteiger partial charge in [0.2, 0.25) is 11.8 Å². The maximum atomic E-state index is 12.1. The van der Waals surface area contributed by atoms with Gasteiger partial charge in [-0.25, -0.2) is 4.79 Å². The van der Waals surface area contributed by atoms with Crippen LogP contribution in [0, 0.1) is 5.41 Å². The van der Waals surface area contributed by atoms with Crippen LogP contribution < -0.4 is 22.1 Å². The van der Waals surface area contributed by atoms with Gasteiger partial charge in [0.05, 0.1) is 0 Å². The zero-order valence-corrected chi connectivity index (χ0v) is 17.6. The maximum absolute atomic E-state index is 12.1. The highest BCUT2D eigenvalue weighted by atomic mass is 16.2. The minimum atomic E-state index is -0.503. The van der Waals surface area contributed by atoms with E-state index in [4.69, 9.17) is 5.73 Å². The second-order valence-corrected chi connectivity index (χ2v) is 7.28. The Bertz CT molecular complexity index is 743. The molecule has 8 heteroatoms. The molecule has 0 aliphatic rings. The third kappa shape index (κ3) is 7.74. The van der Waals surface area contributed by atoms with Crippen molar-refractivity contribution in [2.75, 3.05) is 11.9 Å². The normalized spacial score (nSPS) is 11.6. The Labute approximate surface area is 161 Å². The van der Waals surface area contributed by atoms with Crippen molar-refractivity contribution >= 4 is 23.7 Å². The number of anilines is 1. The number of aromatic nitrogens is 2. The molecule has 0 aliphatic carbocycles. The Morgan fingerprint density at radius 3 is 2.30 bits per heavy atom. The van der Waals surface area contributed by atoms with Gasteiger partial charge in [-0.1, -0.05) is 27.7 Å². The molecule has 0 saturated carbocycles. The van der Waals surface area contributed by atoms with Gasteiger partial charge in [0.15, 0.2) is 0 Å². The van der Waals surface area contributed by atoms with Gasteiger partial charge in [-0.05, 0) is 25.3 Å². The first-order valence-electron chi connectivity index (χ1n) is 8.93. The van der Waals surface area contributed by atoms with Crippen molar-refractivity contribution in [1.29, 1.82) is 0 Å². The highest BCUT2D eigenvalue weighted by Crippen LogP contribution is 2.26. The average molecular weight is 380 g/mol. The molecular weight excluding hydrogens is 346 g/mol. The van der Waals surface area contributed by atoms with Gasteiger partial charge in [-0.3, -0.25) is 9.59 Å². The minimum Gasteiger partial charge on any atom is -0.352 e. The van der Waals surface area contributed by atoms with Gasteiger partial charge in [-0.2, -0.15) is 4.98 Å². The molecule has 0 aliphatic heterocycles. The van der Waals surface area contributed by atoms with Crippen LogP contribution in [0.25, 0.3) is 6.08 Å². The van der Waals surface area contributed by atoms with E-state index in [9.17, 15) is 14.4 Å². The number of aryl methyl sites for hydroxylation is 1. The van der Waals surface area contributed by atoms with Crippen molar-refractivity contribution in [2.24, 2.45) is 18.2 Å². The fourth-order valence-corrected chi connectivity index (χ4v) is 1.71. The molecule has 0 saturated heterocycles. The molecule has 0 fully saturated rings. The van der Waals surface area contributed by atoms with E-state index in [-0.39, 0.29) is 23.0 Å². The molecule has 0 bridgehead atoms. The Balaban J connectivity index is 0.00000326. The third-order valence-electron chi connectivity index (χ3n) is 4.27. The zero-order chi connectivity index (χ0) is 21.4. The molecule has 1 aromatic heterocycles. The van der Waals surface area contributed by atoms with E-state index in [1.54, 1.807) is 0 Å². The van der Waals surface area contributed by atoms with Crippen molar-refractivity contribution in [3.8, 4) is 0 Å². The quantitative estimate of drug-likeness (QED) is 0.650. The highest BCUT2D eigenvalue weighted by Gasteiger charge is 2.33. The number of carbonyl (C=O) groups excluding carboxylic acids is 2. The second kappa shape index (κ2) is 10.0. The lowest BCUT2D eigenvalue weighted by atomic mass is 9.75. The number of nitrogens with one attached hydrogen (secondary N) is 2. The predicted molar refractivity (Wildman–Crippen MR) is 109 cm³/mol. The molecule has 1 heterocycles. The first-order valence-corrected chi connectivity index (χ1v) is 8.93. The fraction of sp³-hybridized carbons (Fsp3) is 0.579. The van der Waals surface area contributed by atoms with E-state index in [1.165, 1.54) is 36.9 Å². The molecule has 0 spiro atoms. The molecule has 27 heavy (non-hydrogen) atoms. The highest BCUT2D eigenvalue weighted by molar-refractivity contribution is 5.94. The number of hydrogen-bond acceptors (Lipinski definition) is 5. The number of amides is 2. The van der Waals surface area contributed by atoms with E-state index in [2.05, 4.69) is 15.6 Å². The SMILES string of the molecule is CC.CC(=O)Nc1nc(=O)n(C)cc1/C=C/C(=O)NCC(C)(C)C(C)(C)N. The average Bonchev–Trinajstić information content (AvgIpc) is 2.55. The Kier molecular flexibility index (Phi) is 9.09. The first kappa shape index (κ1) is 24.5. The molecule has 8 nitrogen and oxygen atoms in total. The minimum absolute atomic E-state index is 0.114. The Morgan fingerprint density at radius 1 is 1.26 bits per heavy atom. The van der Waals surface area contributed by atoms with Gasteiger partial charge in [0, 0.05) is 43.9 Å². The van der Waals surface area contributed by atoms with Gasteiger partial charge < -0.3 is 20.9 Å². The number of nitrogens with zero attached hydrogens (tertiary/aromatic N) is 2. The van der Waals surface area contributed by atoms with E-state index < -0.39 is 11.2 Å². The lowest BCUT2D eigenvalue weighted by molar-refractivity contribution is -0.117. The standard InChI is InChI=1S/C17H27N5O3.C2H6/c1-11(23)20-14-12(9-22(6)15(25)21-14)7-8-13(24)19-10-16(2,3)17(4,5)18;1-2/h7-9H,10,18H2,1-6H3,(H,19,24)(H,20,21,23,25);1-2H3/b8-7+;. The van der Waals surface area contributed by atoms with Crippen LogP contribution in [-0.2, 0) is 16.6 Å². The van der Waals surface area contributed by atoms with Crippen molar-refractivity contribution in [3.05, 3.63) is 28.3 Å². The molecule has 1 aromatic rings. The van der Waals surface area contributed by atoms with Crippen LogP contribution in [0.15, 0.2) is 17.1 Å². The third-order valence-corrected chi connectivity index (χ3v) is 4.27. The van der Waals surface area contributed by atoms with Crippen molar-refractivity contribution in [1.82, 2.24) is 14.9 Å². The van der Waals surface area contributed by atoms with Crippen LogP contribution in [0.1, 0.15) is 54.0 Å².